The number of nitrogens with one attached hydrogen (secondary N) is 1. The molecule has 31 heavy (non-hydrogen) atoms. The Hall–Kier alpha value is -3.00. The minimum atomic E-state index is -3.59. The van der Waals surface area contributed by atoms with E-state index in [1.165, 1.54) is 10.4 Å². The van der Waals surface area contributed by atoms with Gasteiger partial charge in [-0.3, -0.25) is 4.79 Å². The Morgan fingerprint density at radius 1 is 0.806 bits per heavy atom. The van der Waals surface area contributed by atoms with Gasteiger partial charge < -0.3 is 10.2 Å². The van der Waals surface area contributed by atoms with Gasteiger partial charge in [-0.15, -0.1) is 0 Å². The lowest BCUT2D eigenvalue weighted by atomic mass is 10.0. The molecule has 0 spiro atoms. The number of sulfonamides is 1. The van der Waals surface area contributed by atoms with Gasteiger partial charge in [0.1, 0.15) is 0 Å². The number of nitrogens with zero attached hydrogens (tertiary/aromatic N) is 2. The molecule has 1 saturated heterocycles. The maximum atomic E-state index is 13.0. The molecule has 1 N–H and O–H groups in total. The highest BCUT2D eigenvalue weighted by atomic mass is 32.2. The van der Waals surface area contributed by atoms with Crippen molar-refractivity contribution in [1.29, 1.82) is 0 Å². The van der Waals surface area contributed by atoms with Gasteiger partial charge in [-0.05, 0) is 48.5 Å². The van der Waals surface area contributed by atoms with Crippen molar-refractivity contribution in [3.63, 3.8) is 0 Å². The SMILES string of the molecule is CN1CCN(S(=O)(=O)c2cccc(NC(=O)c3ccc(-c4ccccc4)cc3)c2)CC1. The first-order valence-electron chi connectivity index (χ1n) is 10.2. The summed E-state index contributed by atoms with van der Waals surface area (Å²) in [6.45, 7) is 2.33. The van der Waals surface area contributed by atoms with Crippen molar-refractivity contribution in [3.8, 4) is 11.1 Å². The second kappa shape index (κ2) is 9.01. The van der Waals surface area contributed by atoms with Gasteiger partial charge >= 0.3 is 0 Å². The van der Waals surface area contributed by atoms with Gasteiger partial charge in [0.15, 0.2) is 0 Å². The van der Waals surface area contributed by atoms with E-state index in [9.17, 15) is 13.2 Å². The third kappa shape index (κ3) is 4.85. The molecular weight excluding hydrogens is 410 g/mol. The van der Waals surface area contributed by atoms with Gasteiger partial charge in [0.2, 0.25) is 10.0 Å². The minimum Gasteiger partial charge on any atom is -0.322 e. The van der Waals surface area contributed by atoms with Crippen molar-refractivity contribution in [2.75, 3.05) is 38.5 Å². The molecule has 7 heteroatoms. The Kier molecular flexibility index (Phi) is 6.18. The first-order chi connectivity index (χ1) is 14.9. The molecule has 1 aliphatic rings. The summed E-state index contributed by atoms with van der Waals surface area (Å²) < 4.78 is 27.4. The Balaban J connectivity index is 1.48. The highest BCUT2D eigenvalue weighted by molar-refractivity contribution is 7.89. The van der Waals surface area contributed by atoms with Crippen LogP contribution in [0.4, 0.5) is 5.69 Å². The molecule has 3 aromatic carbocycles. The van der Waals surface area contributed by atoms with Gasteiger partial charge in [0.05, 0.1) is 4.90 Å². The molecule has 0 atom stereocenters. The summed E-state index contributed by atoms with van der Waals surface area (Å²) in [5, 5.41) is 2.81. The van der Waals surface area contributed by atoms with E-state index in [0.717, 1.165) is 11.1 Å². The largest absolute Gasteiger partial charge is 0.322 e. The molecule has 0 unspecified atom stereocenters. The normalized spacial score (nSPS) is 15.5. The summed E-state index contributed by atoms with van der Waals surface area (Å²) >= 11 is 0. The zero-order valence-electron chi connectivity index (χ0n) is 17.4. The summed E-state index contributed by atoms with van der Waals surface area (Å²) in [5.41, 5.74) is 3.06. The van der Waals surface area contributed by atoms with Crippen molar-refractivity contribution in [1.82, 2.24) is 9.21 Å². The first kappa shape index (κ1) is 21.2. The van der Waals surface area contributed by atoms with E-state index in [1.54, 1.807) is 30.3 Å². The van der Waals surface area contributed by atoms with Crippen LogP contribution >= 0.6 is 0 Å². The van der Waals surface area contributed by atoms with Gasteiger partial charge in [-0.2, -0.15) is 4.31 Å². The molecule has 0 saturated carbocycles. The summed E-state index contributed by atoms with van der Waals surface area (Å²) in [7, 11) is -1.61. The maximum absolute atomic E-state index is 13.0. The number of piperazine rings is 1. The van der Waals surface area contributed by atoms with Crippen LogP contribution in [0.25, 0.3) is 11.1 Å². The summed E-state index contributed by atoms with van der Waals surface area (Å²) in [6.07, 6.45) is 0. The van der Waals surface area contributed by atoms with E-state index in [4.69, 9.17) is 0 Å². The average molecular weight is 436 g/mol. The molecule has 1 amide bonds. The quantitative estimate of drug-likeness (QED) is 0.666. The Morgan fingerprint density at radius 2 is 1.45 bits per heavy atom. The number of rotatable bonds is 5. The van der Waals surface area contributed by atoms with Crippen LogP contribution in [0, 0.1) is 0 Å². The van der Waals surface area contributed by atoms with E-state index in [0.29, 0.717) is 37.4 Å². The second-order valence-corrected chi connectivity index (χ2v) is 9.57. The highest BCUT2D eigenvalue weighted by Crippen LogP contribution is 2.22. The zero-order valence-corrected chi connectivity index (χ0v) is 18.2. The molecule has 3 aromatic rings. The standard InChI is InChI=1S/C24H25N3O3S/c1-26-14-16-27(17-15-26)31(29,30)23-9-5-8-22(18-23)25-24(28)21-12-10-20(11-13-21)19-6-3-2-4-7-19/h2-13,18H,14-17H2,1H3,(H,25,28). The molecule has 1 heterocycles. The molecule has 0 aromatic heterocycles. The number of hydrogen-bond donors (Lipinski definition) is 1. The zero-order chi connectivity index (χ0) is 21.8. The molecule has 4 rings (SSSR count). The van der Waals surface area contributed by atoms with E-state index < -0.39 is 10.0 Å². The van der Waals surface area contributed by atoms with Crippen LogP contribution in [0.3, 0.4) is 0 Å². The predicted octanol–water partition coefficient (Wildman–Crippen LogP) is 3.54. The van der Waals surface area contributed by atoms with E-state index in [1.807, 2.05) is 49.5 Å². The van der Waals surface area contributed by atoms with E-state index in [-0.39, 0.29) is 10.8 Å². The molecular formula is C24H25N3O3S. The van der Waals surface area contributed by atoms with Gasteiger partial charge in [-0.25, -0.2) is 8.42 Å². The van der Waals surface area contributed by atoms with Crippen LogP contribution in [0.2, 0.25) is 0 Å². The molecule has 6 nitrogen and oxygen atoms in total. The van der Waals surface area contributed by atoms with Crippen molar-refractivity contribution in [3.05, 3.63) is 84.4 Å². The van der Waals surface area contributed by atoms with Gasteiger partial charge in [0, 0.05) is 37.4 Å². The average Bonchev–Trinajstić information content (AvgIpc) is 2.80. The highest BCUT2D eigenvalue weighted by Gasteiger charge is 2.27. The monoisotopic (exact) mass is 435 g/mol. The lowest BCUT2D eigenvalue weighted by Crippen LogP contribution is -2.47. The Bertz CT molecular complexity index is 1150. The Morgan fingerprint density at radius 3 is 2.13 bits per heavy atom. The lowest BCUT2D eigenvalue weighted by molar-refractivity contribution is 0.102. The topological polar surface area (TPSA) is 69.7 Å². The number of carbonyl (C=O) groups excluding carboxylic acids is 1. The predicted molar refractivity (Wildman–Crippen MR) is 123 cm³/mol. The smallest absolute Gasteiger partial charge is 0.255 e. The third-order valence-electron chi connectivity index (χ3n) is 5.45. The van der Waals surface area contributed by atoms with Gasteiger partial charge in [-0.1, -0.05) is 48.5 Å². The van der Waals surface area contributed by atoms with Crippen molar-refractivity contribution < 1.29 is 13.2 Å². The van der Waals surface area contributed by atoms with Crippen LogP contribution in [0.1, 0.15) is 10.4 Å². The number of amides is 1. The molecule has 0 radical (unpaired) electrons. The van der Waals surface area contributed by atoms with Crippen LogP contribution in [0.15, 0.2) is 83.8 Å². The fourth-order valence-corrected chi connectivity index (χ4v) is 5.03. The van der Waals surface area contributed by atoms with Crippen molar-refractivity contribution in [2.24, 2.45) is 0 Å². The molecule has 160 valence electrons. The van der Waals surface area contributed by atoms with Crippen LogP contribution < -0.4 is 5.32 Å². The number of anilines is 1. The number of benzene rings is 3. The fourth-order valence-electron chi connectivity index (χ4n) is 3.56. The minimum absolute atomic E-state index is 0.189. The Labute approximate surface area is 183 Å². The van der Waals surface area contributed by atoms with Crippen molar-refractivity contribution in [2.45, 2.75) is 4.90 Å². The van der Waals surface area contributed by atoms with E-state index in [2.05, 4.69) is 10.2 Å². The number of hydrogen-bond acceptors (Lipinski definition) is 4. The number of likely N-dealkylation sites (N-methyl/N-ethyl adjacent to an activating group) is 1. The number of carbonyl (C=O) groups is 1. The third-order valence-corrected chi connectivity index (χ3v) is 7.34. The molecule has 0 aliphatic carbocycles. The summed E-state index contributed by atoms with van der Waals surface area (Å²) in [6, 6.07) is 23.7. The molecule has 1 aliphatic heterocycles. The second-order valence-electron chi connectivity index (χ2n) is 7.63. The van der Waals surface area contributed by atoms with Crippen LogP contribution in [-0.4, -0.2) is 56.8 Å². The summed E-state index contributed by atoms with van der Waals surface area (Å²) in [4.78, 5) is 15.0. The van der Waals surface area contributed by atoms with Crippen molar-refractivity contribution >= 4 is 21.6 Å². The van der Waals surface area contributed by atoms with Crippen LogP contribution in [-0.2, 0) is 10.0 Å². The van der Waals surface area contributed by atoms with E-state index >= 15 is 0 Å². The molecule has 0 bridgehead atoms. The van der Waals surface area contributed by atoms with Gasteiger partial charge in [0.25, 0.3) is 5.91 Å². The summed E-state index contributed by atoms with van der Waals surface area (Å²) in [5.74, 6) is -0.284. The first-order valence-corrected chi connectivity index (χ1v) is 11.6. The fraction of sp³-hybridized carbons (Fsp3) is 0.208. The maximum Gasteiger partial charge on any atom is 0.255 e. The molecule has 1 fully saturated rings. The van der Waals surface area contributed by atoms with Crippen LogP contribution in [0.5, 0.6) is 0 Å². The lowest BCUT2D eigenvalue weighted by Gasteiger charge is -2.31.